The van der Waals surface area contributed by atoms with Gasteiger partial charge < -0.3 is 30.0 Å². The Kier molecular flexibility index (Phi) is 6.20. The third-order valence-corrected chi connectivity index (χ3v) is 4.20. The van der Waals surface area contributed by atoms with E-state index in [1.807, 2.05) is 32.9 Å². The van der Waals surface area contributed by atoms with Crippen LogP contribution in [0.25, 0.3) is 0 Å². The number of nitrogens with two attached hydrogens (primary N) is 1. The summed E-state index contributed by atoms with van der Waals surface area (Å²) in [6, 6.07) is 4.94. The van der Waals surface area contributed by atoms with Crippen molar-refractivity contribution in [1.82, 2.24) is 4.90 Å². The van der Waals surface area contributed by atoms with Crippen molar-refractivity contribution in [3.63, 3.8) is 0 Å². The lowest BCUT2D eigenvalue weighted by molar-refractivity contribution is -0.125. The van der Waals surface area contributed by atoms with Crippen molar-refractivity contribution in [3.05, 3.63) is 18.2 Å². The molecular formula is C18H29N3O5. The van der Waals surface area contributed by atoms with Crippen molar-refractivity contribution < 1.29 is 24.1 Å². The van der Waals surface area contributed by atoms with Crippen molar-refractivity contribution in [1.29, 1.82) is 0 Å². The Morgan fingerprint density at radius 1 is 1.31 bits per heavy atom. The van der Waals surface area contributed by atoms with Gasteiger partial charge in [0.2, 0.25) is 0 Å². The van der Waals surface area contributed by atoms with Crippen molar-refractivity contribution in [2.45, 2.75) is 38.7 Å². The summed E-state index contributed by atoms with van der Waals surface area (Å²) in [5.41, 5.74) is 6.71. The monoisotopic (exact) mass is 367 g/mol. The lowest BCUT2D eigenvalue weighted by atomic mass is 10.1. The fraction of sp³-hybridized carbons (Fsp3) is 0.611. The van der Waals surface area contributed by atoms with Crippen molar-refractivity contribution >= 4 is 17.5 Å². The number of hydrogen-bond acceptors (Lipinski definition) is 7. The van der Waals surface area contributed by atoms with Crippen LogP contribution in [0, 0.1) is 0 Å². The summed E-state index contributed by atoms with van der Waals surface area (Å²) in [6.07, 6.45) is -1.59. The van der Waals surface area contributed by atoms with Gasteiger partial charge in [-0.05, 0) is 32.9 Å². The number of amides is 1. The molecule has 26 heavy (non-hydrogen) atoms. The summed E-state index contributed by atoms with van der Waals surface area (Å²) in [5.74, 6) is 0.584. The Bertz CT molecular complexity index is 632. The molecule has 146 valence electrons. The molecule has 2 rings (SSSR count). The van der Waals surface area contributed by atoms with Gasteiger partial charge in [-0.25, -0.2) is 4.79 Å². The minimum Gasteiger partial charge on any atom is -0.495 e. The Balaban J connectivity index is 2.20. The zero-order chi connectivity index (χ0) is 19.5. The van der Waals surface area contributed by atoms with Crippen LogP contribution in [0.3, 0.4) is 0 Å². The molecule has 1 amide bonds. The SMILES string of the molecule is COc1cc(N2CCN(C(=O)OC(C)(C)C)[C@H](C(O)OC)C2)ccc1N. The summed E-state index contributed by atoms with van der Waals surface area (Å²) in [5, 5.41) is 10.3. The zero-order valence-corrected chi connectivity index (χ0v) is 16.1. The van der Waals surface area contributed by atoms with Gasteiger partial charge in [-0.2, -0.15) is 0 Å². The number of aliphatic hydroxyl groups is 1. The third kappa shape index (κ3) is 4.70. The van der Waals surface area contributed by atoms with E-state index in [4.69, 9.17) is 19.9 Å². The molecule has 8 heteroatoms. The largest absolute Gasteiger partial charge is 0.495 e. The second kappa shape index (κ2) is 8.01. The molecule has 8 nitrogen and oxygen atoms in total. The molecule has 0 spiro atoms. The van der Waals surface area contributed by atoms with Gasteiger partial charge in [0, 0.05) is 38.5 Å². The number of benzene rings is 1. The average molecular weight is 367 g/mol. The molecule has 1 aromatic rings. The van der Waals surface area contributed by atoms with E-state index in [0.717, 1.165) is 5.69 Å². The van der Waals surface area contributed by atoms with E-state index < -0.39 is 24.0 Å². The zero-order valence-electron chi connectivity index (χ0n) is 16.1. The van der Waals surface area contributed by atoms with Gasteiger partial charge in [-0.15, -0.1) is 0 Å². The highest BCUT2D eigenvalue weighted by molar-refractivity contribution is 5.70. The Hall–Kier alpha value is -2.19. The first-order valence-electron chi connectivity index (χ1n) is 8.55. The van der Waals surface area contributed by atoms with Gasteiger partial charge in [-0.3, -0.25) is 4.90 Å². The molecule has 1 aliphatic rings. The van der Waals surface area contributed by atoms with E-state index in [0.29, 0.717) is 31.1 Å². The highest BCUT2D eigenvalue weighted by atomic mass is 16.6. The molecule has 0 aliphatic carbocycles. The fourth-order valence-corrected chi connectivity index (χ4v) is 2.89. The number of methoxy groups -OCH3 is 2. The van der Waals surface area contributed by atoms with Gasteiger partial charge >= 0.3 is 6.09 Å². The smallest absolute Gasteiger partial charge is 0.410 e. The van der Waals surface area contributed by atoms with Crippen LogP contribution in [-0.2, 0) is 9.47 Å². The number of piperazine rings is 1. The van der Waals surface area contributed by atoms with Crippen LogP contribution in [0.2, 0.25) is 0 Å². The van der Waals surface area contributed by atoms with E-state index in [1.165, 1.54) is 12.0 Å². The van der Waals surface area contributed by atoms with Crippen LogP contribution < -0.4 is 15.4 Å². The lowest BCUT2D eigenvalue weighted by Gasteiger charge is -2.43. The summed E-state index contributed by atoms with van der Waals surface area (Å²) >= 11 is 0. The summed E-state index contributed by atoms with van der Waals surface area (Å²) < 4.78 is 15.8. The van der Waals surface area contributed by atoms with Crippen LogP contribution in [0.5, 0.6) is 5.75 Å². The molecule has 1 saturated heterocycles. The van der Waals surface area contributed by atoms with Gasteiger partial charge in [0.1, 0.15) is 17.4 Å². The predicted molar refractivity (Wildman–Crippen MR) is 99.4 cm³/mol. The molecular weight excluding hydrogens is 338 g/mol. The predicted octanol–water partition coefficient (Wildman–Crippen LogP) is 1.67. The number of nitrogen functional groups attached to an aromatic ring is 1. The average Bonchev–Trinajstić information content (AvgIpc) is 2.59. The molecule has 2 atom stereocenters. The van der Waals surface area contributed by atoms with Gasteiger partial charge in [-0.1, -0.05) is 0 Å². The maximum absolute atomic E-state index is 12.5. The first kappa shape index (κ1) is 20.1. The Morgan fingerprint density at radius 2 is 2.00 bits per heavy atom. The van der Waals surface area contributed by atoms with E-state index in [1.54, 1.807) is 13.2 Å². The minimum atomic E-state index is -1.12. The third-order valence-electron chi connectivity index (χ3n) is 4.20. The van der Waals surface area contributed by atoms with Crippen LogP contribution in [-0.4, -0.2) is 67.9 Å². The standard InChI is InChI=1S/C18H29N3O5/c1-18(2,3)26-17(23)21-9-8-20(11-14(21)16(22)25-5)12-6-7-13(19)15(10-12)24-4/h6-7,10,14,16,22H,8-9,11,19H2,1-5H3/t14-,16?/m0/s1. The molecule has 1 aliphatic heterocycles. The molecule has 0 bridgehead atoms. The molecule has 1 aromatic carbocycles. The van der Waals surface area contributed by atoms with Crippen molar-refractivity contribution in [3.8, 4) is 5.75 Å². The maximum Gasteiger partial charge on any atom is 0.410 e. The molecule has 1 heterocycles. The van der Waals surface area contributed by atoms with E-state index in [2.05, 4.69) is 4.90 Å². The van der Waals surface area contributed by atoms with E-state index in [-0.39, 0.29) is 0 Å². The molecule has 1 unspecified atom stereocenters. The van der Waals surface area contributed by atoms with Crippen molar-refractivity contribution in [2.24, 2.45) is 0 Å². The van der Waals surface area contributed by atoms with Crippen LogP contribution in [0.4, 0.5) is 16.2 Å². The van der Waals surface area contributed by atoms with Gasteiger partial charge in [0.15, 0.2) is 6.29 Å². The first-order chi connectivity index (χ1) is 12.2. The Labute approximate surface area is 154 Å². The quantitative estimate of drug-likeness (QED) is 0.617. The Morgan fingerprint density at radius 3 is 2.58 bits per heavy atom. The van der Waals surface area contributed by atoms with Gasteiger partial charge in [0.05, 0.1) is 12.8 Å². The van der Waals surface area contributed by atoms with Crippen LogP contribution in [0.15, 0.2) is 18.2 Å². The molecule has 0 saturated carbocycles. The fourth-order valence-electron chi connectivity index (χ4n) is 2.89. The summed E-state index contributed by atoms with van der Waals surface area (Å²) in [6.45, 7) is 6.80. The first-order valence-corrected chi connectivity index (χ1v) is 8.55. The molecule has 1 fully saturated rings. The topological polar surface area (TPSA) is 97.5 Å². The number of hydrogen-bond donors (Lipinski definition) is 2. The van der Waals surface area contributed by atoms with Crippen LogP contribution >= 0.6 is 0 Å². The second-order valence-electron chi connectivity index (χ2n) is 7.24. The number of ether oxygens (including phenoxy) is 3. The second-order valence-corrected chi connectivity index (χ2v) is 7.24. The van der Waals surface area contributed by atoms with Gasteiger partial charge in [0.25, 0.3) is 0 Å². The van der Waals surface area contributed by atoms with E-state index in [9.17, 15) is 9.90 Å². The molecule has 3 N–H and O–H groups in total. The lowest BCUT2D eigenvalue weighted by Crippen LogP contribution is -2.60. The van der Waals surface area contributed by atoms with Crippen molar-refractivity contribution in [2.75, 3.05) is 44.5 Å². The number of carbonyl (C=O) groups is 1. The number of nitrogens with zero attached hydrogens (tertiary/aromatic N) is 2. The normalized spacial score (nSPS) is 19.2. The number of aliphatic hydroxyl groups excluding tert-OH is 1. The highest BCUT2D eigenvalue weighted by Crippen LogP contribution is 2.29. The van der Waals surface area contributed by atoms with E-state index >= 15 is 0 Å². The molecule has 0 aromatic heterocycles. The van der Waals surface area contributed by atoms with Crippen LogP contribution in [0.1, 0.15) is 20.8 Å². The maximum atomic E-state index is 12.5. The summed E-state index contributed by atoms with van der Waals surface area (Å²) in [7, 11) is 2.97. The number of rotatable bonds is 4. The number of carbonyl (C=O) groups excluding carboxylic acids is 1. The number of anilines is 2. The summed E-state index contributed by atoms with van der Waals surface area (Å²) in [4.78, 5) is 16.1. The molecule has 0 radical (unpaired) electrons. The highest BCUT2D eigenvalue weighted by Gasteiger charge is 2.37. The minimum absolute atomic E-state index is 0.390.